The fourth-order valence-electron chi connectivity index (χ4n) is 1.14. The van der Waals surface area contributed by atoms with Gasteiger partial charge in [-0.3, -0.25) is 9.59 Å². The largest absolute Gasteiger partial charge is 0.481 e. The van der Waals surface area contributed by atoms with E-state index < -0.39 is 34.9 Å². The molecule has 0 aromatic carbocycles. The number of carbonyl (C=O) groups is 2. The molecule has 7 heteroatoms. The first-order valence-corrected chi connectivity index (χ1v) is 7.12. The topological polar surface area (TPSA) is 97.7 Å². The average Bonchev–Trinajstić information content (AvgIpc) is 2.21. The first-order chi connectivity index (χ1) is 7.87. The van der Waals surface area contributed by atoms with Crippen molar-refractivity contribution in [3.8, 4) is 0 Å². The molecular weight excluding hydrogens is 248 g/mol. The molecule has 0 rings (SSSR count). The van der Waals surface area contributed by atoms with Gasteiger partial charge in [-0.25, -0.2) is 0 Å². The molecule has 0 radical (unpaired) electrons. The molecule has 0 amide bonds. The number of unbranched alkanes of at least 4 members (excludes halogenated alkanes) is 3. The van der Waals surface area contributed by atoms with Gasteiger partial charge in [0.2, 0.25) is 0 Å². The van der Waals surface area contributed by atoms with Crippen LogP contribution in [0.1, 0.15) is 45.4 Å². The third kappa shape index (κ3) is 9.80. The van der Waals surface area contributed by atoms with Crippen molar-refractivity contribution in [2.24, 2.45) is 0 Å². The maximum absolute atomic E-state index is 11.3. The summed E-state index contributed by atoms with van der Waals surface area (Å²) >= 11 is 0. The number of hydrogen-bond donors (Lipinski definition) is 1. The van der Waals surface area contributed by atoms with E-state index in [1.165, 1.54) is 0 Å². The smallest absolute Gasteiger partial charge is 0.322 e. The van der Waals surface area contributed by atoms with E-state index in [2.05, 4.69) is 4.18 Å². The summed E-state index contributed by atoms with van der Waals surface area (Å²) in [6, 6.07) is 0. The minimum Gasteiger partial charge on any atom is -0.481 e. The Morgan fingerprint density at radius 2 is 1.76 bits per heavy atom. The van der Waals surface area contributed by atoms with Gasteiger partial charge < -0.3 is 9.29 Å². The van der Waals surface area contributed by atoms with Crippen molar-refractivity contribution in [3.05, 3.63) is 0 Å². The second kappa shape index (κ2) is 8.05. The lowest BCUT2D eigenvalue weighted by Gasteiger charge is -2.04. The second-order valence-electron chi connectivity index (χ2n) is 3.67. The number of carbonyl (C=O) groups excluding carboxylic acids is 1. The Bertz CT molecular complexity index is 346. The zero-order chi connectivity index (χ0) is 13.3. The van der Waals surface area contributed by atoms with Crippen LogP contribution in [0.3, 0.4) is 0 Å². The molecule has 0 saturated carbocycles. The van der Waals surface area contributed by atoms with E-state index in [0.717, 1.165) is 19.3 Å². The minimum absolute atomic E-state index is 0.203. The molecule has 1 N–H and O–H groups in total. The van der Waals surface area contributed by atoms with E-state index in [1.54, 1.807) is 0 Å². The van der Waals surface area contributed by atoms with Crippen LogP contribution in [-0.2, 0) is 23.9 Å². The highest BCUT2D eigenvalue weighted by molar-refractivity contribution is 7.87. The molecule has 0 unspecified atom stereocenters. The van der Waals surface area contributed by atoms with E-state index in [0.29, 0.717) is 6.42 Å². The van der Waals surface area contributed by atoms with Gasteiger partial charge in [0, 0.05) is 0 Å². The summed E-state index contributed by atoms with van der Waals surface area (Å²) in [6.45, 7) is 2.00. The Morgan fingerprint density at radius 1 is 1.12 bits per heavy atom. The quantitative estimate of drug-likeness (QED) is 0.499. The Labute approximate surface area is 101 Å². The summed E-state index contributed by atoms with van der Waals surface area (Å²) in [6.07, 6.45) is 2.28. The Morgan fingerprint density at radius 3 is 2.29 bits per heavy atom. The van der Waals surface area contributed by atoms with Crippen LogP contribution in [0.4, 0.5) is 0 Å². The molecule has 0 spiro atoms. The monoisotopic (exact) mass is 266 g/mol. The van der Waals surface area contributed by atoms with Crippen LogP contribution in [0.25, 0.3) is 0 Å². The Hall–Kier alpha value is -1.11. The third-order valence-electron chi connectivity index (χ3n) is 2.01. The van der Waals surface area contributed by atoms with Crippen molar-refractivity contribution in [3.63, 3.8) is 0 Å². The van der Waals surface area contributed by atoms with Crippen LogP contribution < -0.4 is 0 Å². The highest BCUT2D eigenvalue weighted by Gasteiger charge is 2.17. The molecule has 0 aliphatic rings. The van der Waals surface area contributed by atoms with Crippen molar-refractivity contribution < 1.29 is 27.3 Å². The fourth-order valence-corrected chi connectivity index (χ4v) is 2.15. The molecule has 0 saturated heterocycles. The molecule has 100 valence electrons. The maximum atomic E-state index is 11.3. The van der Waals surface area contributed by atoms with Gasteiger partial charge >= 0.3 is 22.1 Å². The van der Waals surface area contributed by atoms with E-state index in [-0.39, 0.29) is 5.75 Å². The fraction of sp³-hybridized carbons (Fsp3) is 0.800. The van der Waals surface area contributed by atoms with Gasteiger partial charge in [0.25, 0.3) is 0 Å². The lowest BCUT2D eigenvalue weighted by Crippen LogP contribution is -2.17. The van der Waals surface area contributed by atoms with Crippen molar-refractivity contribution in [1.29, 1.82) is 0 Å². The molecule has 6 nitrogen and oxygen atoms in total. The second-order valence-corrected chi connectivity index (χ2v) is 5.36. The molecule has 0 atom stereocenters. The van der Waals surface area contributed by atoms with Gasteiger partial charge in [-0.1, -0.05) is 26.2 Å². The highest BCUT2D eigenvalue weighted by atomic mass is 32.2. The SMILES string of the molecule is CCCCCCS(=O)(=O)OC(=O)CCC(=O)O. The van der Waals surface area contributed by atoms with Crippen LogP contribution in [0.15, 0.2) is 0 Å². The summed E-state index contributed by atoms with van der Waals surface area (Å²) in [4.78, 5) is 21.1. The normalized spacial score (nSPS) is 11.1. The number of aliphatic carboxylic acids is 1. The number of carboxylic acids is 1. The zero-order valence-electron chi connectivity index (χ0n) is 9.85. The van der Waals surface area contributed by atoms with Gasteiger partial charge in [0.1, 0.15) is 0 Å². The zero-order valence-corrected chi connectivity index (χ0v) is 10.7. The number of carboxylic acid groups (broad SMARTS) is 1. The predicted octanol–water partition coefficient (Wildman–Crippen LogP) is 1.30. The average molecular weight is 266 g/mol. The van der Waals surface area contributed by atoms with Crippen LogP contribution in [0.2, 0.25) is 0 Å². The summed E-state index contributed by atoms with van der Waals surface area (Å²) in [5.41, 5.74) is 0. The highest BCUT2D eigenvalue weighted by Crippen LogP contribution is 2.05. The van der Waals surface area contributed by atoms with Gasteiger partial charge in [0.05, 0.1) is 18.6 Å². The van der Waals surface area contributed by atoms with Gasteiger partial charge in [-0.15, -0.1) is 0 Å². The number of hydrogen-bond acceptors (Lipinski definition) is 5. The molecular formula is C10H18O6S. The first kappa shape index (κ1) is 15.9. The van der Waals surface area contributed by atoms with Crippen molar-refractivity contribution in [2.45, 2.75) is 45.4 Å². The molecule has 0 aromatic rings. The van der Waals surface area contributed by atoms with Crippen LogP contribution in [0.5, 0.6) is 0 Å². The van der Waals surface area contributed by atoms with E-state index in [9.17, 15) is 18.0 Å². The van der Waals surface area contributed by atoms with Crippen LogP contribution in [-0.4, -0.2) is 31.2 Å². The van der Waals surface area contributed by atoms with Crippen LogP contribution >= 0.6 is 0 Å². The summed E-state index contributed by atoms with van der Waals surface area (Å²) in [5, 5.41) is 8.30. The maximum Gasteiger partial charge on any atom is 0.322 e. The van der Waals surface area contributed by atoms with E-state index in [4.69, 9.17) is 5.11 Å². The van der Waals surface area contributed by atoms with Crippen molar-refractivity contribution in [2.75, 3.05) is 5.75 Å². The van der Waals surface area contributed by atoms with Crippen molar-refractivity contribution >= 4 is 22.1 Å². The molecule has 0 bridgehead atoms. The summed E-state index contributed by atoms with van der Waals surface area (Å²) in [5.74, 6) is -2.38. The molecule has 0 aliphatic carbocycles. The first-order valence-electron chi connectivity index (χ1n) is 5.54. The van der Waals surface area contributed by atoms with Gasteiger partial charge in [0.15, 0.2) is 0 Å². The van der Waals surface area contributed by atoms with Crippen LogP contribution in [0, 0.1) is 0 Å². The Balaban J connectivity index is 3.91. The lowest BCUT2D eigenvalue weighted by molar-refractivity contribution is -0.142. The lowest BCUT2D eigenvalue weighted by atomic mass is 10.2. The van der Waals surface area contributed by atoms with E-state index in [1.807, 2.05) is 6.92 Å². The minimum atomic E-state index is -3.85. The summed E-state index contributed by atoms with van der Waals surface area (Å²) < 4.78 is 26.8. The summed E-state index contributed by atoms with van der Waals surface area (Å²) in [7, 11) is -3.85. The van der Waals surface area contributed by atoms with Crippen molar-refractivity contribution in [1.82, 2.24) is 0 Å². The molecule has 0 aromatic heterocycles. The van der Waals surface area contributed by atoms with Gasteiger partial charge in [-0.05, 0) is 6.42 Å². The molecule has 0 heterocycles. The number of rotatable bonds is 9. The standard InChI is InChI=1S/C10H18O6S/c1-2-3-4-5-8-17(14,15)16-10(13)7-6-9(11)12/h2-8H2,1H3,(H,11,12). The molecule has 0 fully saturated rings. The van der Waals surface area contributed by atoms with Gasteiger partial charge in [-0.2, -0.15) is 8.42 Å². The van der Waals surface area contributed by atoms with E-state index >= 15 is 0 Å². The molecule has 0 aliphatic heterocycles. The third-order valence-corrected chi connectivity index (χ3v) is 3.24. The Kier molecular flexibility index (Phi) is 7.53. The molecule has 17 heavy (non-hydrogen) atoms. The predicted molar refractivity (Wildman–Crippen MR) is 60.9 cm³/mol.